The molecule has 0 saturated carbocycles. The molecule has 2 saturated heterocycles. The molecule has 2 aliphatic heterocycles. The Hall–Kier alpha value is -3.17. The number of likely N-dealkylation sites (tertiary alicyclic amines) is 1. The summed E-state index contributed by atoms with van der Waals surface area (Å²) >= 11 is 0. The average molecular weight is 461 g/mol. The van der Waals surface area contributed by atoms with E-state index in [2.05, 4.69) is 0 Å². The highest BCUT2D eigenvalue weighted by molar-refractivity contribution is 5.86. The van der Waals surface area contributed by atoms with E-state index in [-0.39, 0.29) is 46.8 Å². The van der Waals surface area contributed by atoms with Gasteiger partial charge in [-0.1, -0.05) is 12.1 Å². The number of carbonyl (C=O) groups excluding carboxylic acids is 3. The quantitative estimate of drug-likeness (QED) is 0.348. The maximum atomic E-state index is 12.9. The number of ether oxygens (including phenoxy) is 1. The minimum Gasteiger partial charge on any atom is -0.466 e. The zero-order valence-electron chi connectivity index (χ0n) is 19.3. The van der Waals surface area contributed by atoms with Gasteiger partial charge in [0.05, 0.1) is 24.0 Å². The van der Waals surface area contributed by atoms with Crippen molar-refractivity contribution in [3.63, 3.8) is 0 Å². The number of rotatable bonds is 7. The lowest BCUT2D eigenvalue weighted by Gasteiger charge is -2.35. The van der Waals surface area contributed by atoms with Crippen LogP contribution >= 0.6 is 0 Å². The van der Waals surface area contributed by atoms with Crippen LogP contribution in [0.3, 0.4) is 0 Å². The van der Waals surface area contributed by atoms with Crippen molar-refractivity contribution in [1.29, 1.82) is 0 Å². The van der Waals surface area contributed by atoms with Crippen LogP contribution < -0.4 is 4.90 Å². The van der Waals surface area contributed by atoms with Gasteiger partial charge in [0.1, 0.15) is 5.69 Å². The first-order valence-corrected chi connectivity index (χ1v) is 11.5. The van der Waals surface area contributed by atoms with Crippen LogP contribution in [0.15, 0.2) is 24.3 Å². The number of nitro benzene ring substituents is 1. The Kier molecular flexibility index (Phi) is 8.24. The van der Waals surface area contributed by atoms with Gasteiger partial charge in [-0.05, 0) is 38.7 Å². The predicted molar refractivity (Wildman–Crippen MR) is 122 cm³/mol. The molecule has 0 radical (unpaired) electrons. The minimum atomic E-state index is -0.390. The van der Waals surface area contributed by atoms with Crippen molar-refractivity contribution in [2.75, 3.05) is 51.3 Å². The first-order chi connectivity index (χ1) is 15.8. The molecule has 33 heavy (non-hydrogen) atoms. The molecule has 2 fully saturated rings. The maximum Gasteiger partial charge on any atom is 0.310 e. The number of nitro groups is 1. The lowest BCUT2D eigenvalue weighted by Crippen LogP contribution is -2.48. The molecule has 10 heteroatoms. The van der Waals surface area contributed by atoms with Crippen molar-refractivity contribution < 1.29 is 24.0 Å². The van der Waals surface area contributed by atoms with Crippen molar-refractivity contribution in [3.05, 3.63) is 34.4 Å². The van der Waals surface area contributed by atoms with E-state index >= 15 is 0 Å². The zero-order chi connectivity index (χ0) is 24.0. The van der Waals surface area contributed by atoms with Gasteiger partial charge in [0.25, 0.3) is 5.69 Å². The summed E-state index contributed by atoms with van der Waals surface area (Å²) < 4.78 is 5.09. The van der Waals surface area contributed by atoms with Gasteiger partial charge in [-0.15, -0.1) is 0 Å². The highest BCUT2D eigenvalue weighted by Crippen LogP contribution is 2.31. The van der Waals surface area contributed by atoms with Gasteiger partial charge in [-0.3, -0.25) is 24.5 Å². The molecule has 3 rings (SSSR count). The fourth-order valence-corrected chi connectivity index (χ4v) is 4.60. The first-order valence-electron chi connectivity index (χ1n) is 11.5. The Morgan fingerprint density at radius 3 is 2.48 bits per heavy atom. The summed E-state index contributed by atoms with van der Waals surface area (Å²) in [5.41, 5.74) is 0.630. The van der Waals surface area contributed by atoms with E-state index in [0.717, 1.165) is 6.42 Å². The Labute approximate surface area is 193 Å². The van der Waals surface area contributed by atoms with Crippen LogP contribution in [0.2, 0.25) is 0 Å². The minimum absolute atomic E-state index is 0.0290. The summed E-state index contributed by atoms with van der Waals surface area (Å²) in [6, 6.07) is 6.62. The Morgan fingerprint density at radius 1 is 1.12 bits per heavy atom. The Morgan fingerprint density at radius 2 is 1.82 bits per heavy atom. The normalized spacial score (nSPS) is 19.2. The van der Waals surface area contributed by atoms with E-state index in [1.54, 1.807) is 37.1 Å². The van der Waals surface area contributed by atoms with Crippen LogP contribution in [0.1, 0.15) is 32.6 Å². The lowest BCUT2D eigenvalue weighted by molar-refractivity contribution is -0.384. The topological polar surface area (TPSA) is 113 Å². The van der Waals surface area contributed by atoms with Crippen LogP contribution in [-0.2, 0) is 19.1 Å². The molecule has 2 aliphatic rings. The summed E-state index contributed by atoms with van der Waals surface area (Å²) in [7, 11) is 1.63. The number of piperidine rings is 2. The van der Waals surface area contributed by atoms with Gasteiger partial charge in [0.15, 0.2) is 0 Å². The number of carbonyl (C=O) groups is 3. The second-order valence-corrected chi connectivity index (χ2v) is 8.63. The third-order valence-electron chi connectivity index (χ3n) is 6.41. The number of hydrogen-bond donors (Lipinski definition) is 0. The summed E-state index contributed by atoms with van der Waals surface area (Å²) in [6.07, 6.45) is 2.57. The molecule has 0 aromatic heterocycles. The van der Waals surface area contributed by atoms with Crippen molar-refractivity contribution in [1.82, 2.24) is 9.80 Å². The molecule has 1 aromatic rings. The second-order valence-electron chi connectivity index (χ2n) is 8.63. The van der Waals surface area contributed by atoms with Crippen molar-refractivity contribution in [2.45, 2.75) is 32.6 Å². The predicted octanol–water partition coefficient (Wildman–Crippen LogP) is 2.07. The van der Waals surface area contributed by atoms with E-state index in [4.69, 9.17) is 4.74 Å². The van der Waals surface area contributed by atoms with Crippen LogP contribution in [-0.4, -0.2) is 78.9 Å². The number of nitrogens with zero attached hydrogens (tertiary/aromatic N) is 4. The van der Waals surface area contributed by atoms with E-state index < -0.39 is 0 Å². The van der Waals surface area contributed by atoms with Gasteiger partial charge in [-0.2, -0.15) is 0 Å². The first kappa shape index (κ1) is 24.5. The number of anilines is 1. The van der Waals surface area contributed by atoms with Crippen molar-refractivity contribution in [3.8, 4) is 0 Å². The van der Waals surface area contributed by atoms with Gasteiger partial charge in [0, 0.05) is 45.2 Å². The standard InChI is InChI=1S/C23H32N4O6/c1-3-33-23(30)18-7-6-12-26(15-18)21(28)16-24(2)22(29)17-10-13-25(14-11-17)19-8-4-5-9-20(19)27(31)32/h4-5,8-9,17-18H,3,6-7,10-16H2,1-2H3. The van der Waals surface area contributed by atoms with Crippen LogP contribution in [0.4, 0.5) is 11.4 Å². The molecular formula is C23H32N4O6. The third-order valence-corrected chi connectivity index (χ3v) is 6.41. The molecule has 0 aliphatic carbocycles. The molecular weight excluding hydrogens is 428 g/mol. The molecule has 2 amide bonds. The summed E-state index contributed by atoms with van der Waals surface area (Å²) in [4.78, 5) is 53.7. The third kappa shape index (κ3) is 6.00. The summed E-state index contributed by atoms with van der Waals surface area (Å²) in [6.45, 7) is 4.03. The molecule has 0 N–H and O–H groups in total. The van der Waals surface area contributed by atoms with Crippen LogP contribution in [0.25, 0.3) is 0 Å². The van der Waals surface area contributed by atoms with Crippen molar-refractivity contribution >= 4 is 29.2 Å². The van der Waals surface area contributed by atoms with Gasteiger partial charge in [-0.25, -0.2) is 0 Å². The monoisotopic (exact) mass is 460 g/mol. The van der Waals surface area contributed by atoms with Crippen molar-refractivity contribution in [2.24, 2.45) is 11.8 Å². The molecule has 10 nitrogen and oxygen atoms in total. The number of hydrogen-bond acceptors (Lipinski definition) is 7. The molecule has 1 unspecified atom stereocenters. The Bertz CT molecular complexity index is 883. The molecule has 180 valence electrons. The van der Waals surface area contributed by atoms with Crippen LogP contribution in [0.5, 0.6) is 0 Å². The number of likely N-dealkylation sites (N-methyl/N-ethyl adjacent to an activating group) is 1. The smallest absolute Gasteiger partial charge is 0.310 e. The van der Waals surface area contributed by atoms with E-state index in [0.29, 0.717) is 57.7 Å². The lowest BCUT2D eigenvalue weighted by atomic mass is 9.94. The molecule has 2 heterocycles. The number of esters is 1. The summed E-state index contributed by atoms with van der Waals surface area (Å²) in [5.74, 6) is -1.07. The molecule has 0 spiro atoms. The number of para-hydroxylation sites is 2. The largest absolute Gasteiger partial charge is 0.466 e. The number of amides is 2. The van der Waals surface area contributed by atoms with Crippen LogP contribution in [0, 0.1) is 22.0 Å². The van der Waals surface area contributed by atoms with E-state index in [9.17, 15) is 24.5 Å². The maximum absolute atomic E-state index is 12.9. The highest BCUT2D eigenvalue weighted by atomic mass is 16.6. The average Bonchev–Trinajstić information content (AvgIpc) is 2.83. The zero-order valence-corrected chi connectivity index (χ0v) is 19.3. The molecule has 1 aromatic carbocycles. The second kappa shape index (κ2) is 11.1. The number of benzene rings is 1. The Balaban J connectivity index is 1.51. The SMILES string of the molecule is CCOC(=O)C1CCCN(C(=O)CN(C)C(=O)C2CCN(c3ccccc3[N+](=O)[O-])CC2)C1. The summed E-state index contributed by atoms with van der Waals surface area (Å²) in [5, 5.41) is 11.3. The fraction of sp³-hybridized carbons (Fsp3) is 0.609. The van der Waals surface area contributed by atoms with Gasteiger partial charge >= 0.3 is 5.97 Å². The van der Waals surface area contributed by atoms with E-state index in [1.807, 2.05) is 4.90 Å². The highest BCUT2D eigenvalue weighted by Gasteiger charge is 2.33. The van der Waals surface area contributed by atoms with Gasteiger partial charge < -0.3 is 19.4 Å². The van der Waals surface area contributed by atoms with E-state index in [1.165, 1.54) is 11.0 Å². The molecule has 1 atom stereocenters. The van der Waals surface area contributed by atoms with Gasteiger partial charge in [0.2, 0.25) is 11.8 Å². The fourth-order valence-electron chi connectivity index (χ4n) is 4.60. The molecule has 0 bridgehead atoms.